The van der Waals surface area contributed by atoms with Gasteiger partial charge in [-0.05, 0) is 37.6 Å². The van der Waals surface area contributed by atoms with Gasteiger partial charge in [0, 0.05) is 16.5 Å². The van der Waals surface area contributed by atoms with E-state index < -0.39 is 34.4 Å². The molecule has 11 heteroatoms. The number of thiophene rings is 1. The Balaban J connectivity index is 1.45. The Labute approximate surface area is 181 Å². The molecule has 1 atom stereocenters. The molecule has 1 N–H and O–H groups in total. The normalized spacial score (nSPS) is 17.9. The summed E-state index contributed by atoms with van der Waals surface area (Å²) in [4.78, 5) is 25.5. The minimum atomic E-state index is -3.09. The van der Waals surface area contributed by atoms with Crippen LogP contribution < -0.4 is 5.32 Å². The monoisotopic (exact) mass is 467 g/mol. The van der Waals surface area contributed by atoms with E-state index in [2.05, 4.69) is 10.4 Å². The molecule has 0 spiro atoms. The number of carbonyl (C=O) groups excluding carboxylic acids is 2. The first-order valence-corrected chi connectivity index (χ1v) is 12.2. The molecule has 2 aromatic heterocycles. The zero-order valence-corrected chi connectivity index (χ0v) is 18.3. The van der Waals surface area contributed by atoms with E-state index in [0.717, 1.165) is 21.6 Å². The number of carbonyl (C=O) groups is 2. The van der Waals surface area contributed by atoms with E-state index in [4.69, 9.17) is 16.3 Å². The standard InChI is InChI=1S/C19H18ClN3O5S2/c1-11-15-8-16(29-18(15)23(22-11)14-4-2-3-12(20)7-14)19(25)28-9-17(24)21-13-5-6-30(26,27)10-13/h2-4,7-8,13H,5-6,9-10H2,1H3,(H,21,24)/t13-/m0/s1. The van der Waals surface area contributed by atoms with E-state index in [9.17, 15) is 18.0 Å². The number of nitrogens with one attached hydrogen (secondary N) is 1. The predicted molar refractivity (Wildman–Crippen MR) is 114 cm³/mol. The molecule has 4 rings (SSSR count). The van der Waals surface area contributed by atoms with Gasteiger partial charge in [-0.3, -0.25) is 4.79 Å². The molecular weight excluding hydrogens is 450 g/mol. The van der Waals surface area contributed by atoms with Gasteiger partial charge >= 0.3 is 5.97 Å². The van der Waals surface area contributed by atoms with Crippen LogP contribution in [0, 0.1) is 6.92 Å². The fourth-order valence-electron chi connectivity index (χ4n) is 3.31. The zero-order chi connectivity index (χ0) is 21.5. The van der Waals surface area contributed by atoms with Crippen molar-refractivity contribution < 1.29 is 22.7 Å². The summed E-state index contributed by atoms with van der Waals surface area (Å²) >= 11 is 7.28. The lowest BCUT2D eigenvalue weighted by Gasteiger charge is -2.10. The highest BCUT2D eigenvalue weighted by Gasteiger charge is 2.29. The third kappa shape index (κ3) is 4.35. The molecule has 158 valence electrons. The van der Waals surface area contributed by atoms with Gasteiger partial charge in [0.2, 0.25) is 0 Å². The summed E-state index contributed by atoms with van der Waals surface area (Å²) in [7, 11) is -3.09. The van der Waals surface area contributed by atoms with Crippen molar-refractivity contribution in [3.05, 3.63) is 45.9 Å². The fraction of sp³-hybridized carbons (Fsp3) is 0.316. The molecule has 1 amide bonds. The SMILES string of the molecule is Cc1nn(-c2cccc(Cl)c2)c2sc(C(=O)OCC(=O)N[C@H]3CCS(=O)(=O)C3)cc12. The van der Waals surface area contributed by atoms with Crippen molar-refractivity contribution in [3.8, 4) is 5.69 Å². The van der Waals surface area contributed by atoms with Crippen LogP contribution in [0.3, 0.4) is 0 Å². The maximum atomic E-state index is 12.4. The minimum absolute atomic E-state index is 0.0580. The summed E-state index contributed by atoms with van der Waals surface area (Å²) in [6.07, 6.45) is 0.373. The number of aryl methyl sites for hydroxylation is 1. The number of ether oxygens (including phenoxy) is 1. The largest absolute Gasteiger partial charge is 0.451 e. The highest BCUT2D eigenvalue weighted by Crippen LogP contribution is 2.31. The maximum Gasteiger partial charge on any atom is 0.348 e. The van der Waals surface area contributed by atoms with Crippen LogP contribution in [0.15, 0.2) is 30.3 Å². The number of fused-ring (bicyclic) bond motifs is 1. The topological polar surface area (TPSA) is 107 Å². The molecular formula is C19H18ClN3O5S2. The minimum Gasteiger partial charge on any atom is -0.451 e. The zero-order valence-electron chi connectivity index (χ0n) is 15.9. The van der Waals surface area contributed by atoms with Crippen LogP contribution in [0.25, 0.3) is 15.9 Å². The number of amides is 1. The van der Waals surface area contributed by atoms with Gasteiger partial charge in [-0.1, -0.05) is 17.7 Å². The summed E-state index contributed by atoms with van der Waals surface area (Å²) in [6, 6.07) is 8.48. The van der Waals surface area contributed by atoms with Gasteiger partial charge < -0.3 is 10.1 Å². The Bertz CT molecular complexity index is 1250. The highest BCUT2D eigenvalue weighted by atomic mass is 35.5. The van der Waals surface area contributed by atoms with Crippen molar-refractivity contribution in [2.24, 2.45) is 0 Å². The van der Waals surface area contributed by atoms with E-state index in [-0.39, 0.29) is 11.5 Å². The van der Waals surface area contributed by atoms with Crippen LogP contribution in [-0.2, 0) is 19.4 Å². The first kappa shape index (κ1) is 20.8. The molecule has 0 aliphatic carbocycles. The molecule has 1 fully saturated rings. The van der Waals surface area contributed by atoms with E-state index in [1.807, 2.05) is 19.1 Å². The van der Waals surface area contributed by atoms with Crippen molar-refractivity contribution in [1.82, 2.24) is 15.1 Å². The molecule has 1 aliphatic rings. The van der Waals surface area contributed by atoms with Crippen molar-refractivity contribution in [2.75, 3.05) is 18.1 Å². The molecule has 30 heavy (non-hydrogen) atoms. The van der Waals surface area contributed by atoms with Crippen LogP contribution in [0.2, 0.25) is 5.02 Å². The number of hydrogen-bond acceptors (Lipinski definition) is 7. The third-order valence-electron chi connectivity index (χ3n) is 4.73. The maximum absolute atomic E-state index is 12.4. The molecule has 3 aromatic rings. The Morgan fingerprint density at radius 1 is 1.37 bits per heavy atom. The van der Waals surface area contributed by atoms with Gasteiger partial charge in [0.25, 0.3) is 5.91 Å². The molecule has 1 saturated heterocycles. The second kappa shape index (κ2) is 8.01. The van der Waals surface area contributed by atoms with Gasteiger partial charge in [-0.15, -0.1) is 11.3 Å². The lowest BCUT2D eigenvalue weighted by Crippen LogP contribution is -2.38. The highest BCUT2D eigenvalue weighted by molar-refractivity contribution is 7.91. The fourth-order valence-corrected chi connectivity index (χ4v) is 6.25. The predicted octanol–water partition coefficient (Wildman–Crippen LogP) is 2.51. The number of halogens is 1. The Kier molecular flexibility index (Phi) is 5.56. The van der Waals surface area contributed by atoms with E-state index in [1.165, 1.54) is 11.3 Å². The second-order valence-electron chi connectivity index (χ2n) is 7.05. The number of hydrogen-bond donors (Lipinski definition) is 1. The second-order valence-corrected chi connectivity index (χ2v) is 10.7. The van der Waals surface area contributed by atoms with Crippen LogP contribution >= 0.6 is 22.9 Å². The smallest absolute Gasteiger partial charge is 0.348 e. The van der Waals surface area contributed by atoms with E-state index in [0.29, 0.717) is 16.3 Å². The van der Waals surface area contributed by atoms with Crippen molar-refractivity contribution >= 4 is 54.9 Å². The van der Waals surface area contributed by atoms with E-state index in [1.54, 1.807) is 22.9 Å². The molecule has 0 bridgehead atoms. The molecule has 0 saturated carbocycles. The van der Waals surface area contributed by atoms with Gasteiger partial charge in [-0.25, -0.2) is 17.9 Å². The van der Waals surface area contributed by atoms with Gasteiger partial charge in [0.15, 0.2) is 16.4 Å². The summed E-state index contributed by atoms with van der Waals surface area (Å²) in [6.45, 7) is 1.37. The Hall–Kier alpha value is -2.43. The average Bonchev–Trinajstić information content (AvgIpc) is 3.34. The third-order valence-corrected chi connectivity index (χ3v) is 7.82. The summed E-state index contributed by atoms with van der Waals surface area (Å²) in [5.74, 6) is -1.17. The quantitative estimate of drug-likeness (QED) is 0.578. The van der Waals surface area contributed by atoms with Crippen molar-refractivity contribution in [1.29, 1.82) is 0 Å². The van der Waals surface area contributed by atoms with Crippen LogP contribution in [0.1, 0.15) is 21.8 Å². The van der Waals surface area contributed by atoms with E-state index >= 15 is 0 Å². The number of esters is 1. The molecule has 8 nitrogen and oxygen atoms in total. The first-order chi connectivity index (χ1) is 14.2. The number of sulfone groups is 1. The first-order valence-electron chi connectivity index (χ1n) is 9.14. The van der Waals surface area contributed by atoms with Crippen LogP contribution in [0.4, 0.5) is 0 Å². The number of benzene rings is 1. The van der Waals surface area contributed by atoms with Crippen LogP contribution in [0.5, 0.6) is 0 Å². The lowest BCUT2D eigenvalue weighted by molar-refractivity contribution is -0.124. The summed E-state index contributed by atoms with van der Waals surface area (Å²) in [5, 5.41) is 8.48. The van der Waals surface area contributed by atoms with Crippen molar-refractivity contribution in [2.45, 2.75) is 19.4 Å². The Morgan fingerprint density at radius 3 is 2.87 bits per heavy atom. The molecule has 0 radical (unpaired) electrons. The lowest BCUT2D eigenvalue weighted by atomic mass is 10.2. The van der Waals surface area contributed by atoms with Gasteiger partial charge in [0.05, 0.1) is 22.9 Å². The molecule has 1 aliphatic heterocycles. The van der Waals surface area contributed by atoms with Crippen molar-refractivity contribution in [3.63, 3.8) is 0 Å². The Morgan fingerprint density at radius 2 is 2.17 bits per heavy atom. The molecule has 1 aromatic carbocycles. The van der Waals surface area contributed by atoms with Crippen LogP contribution in [-0.4, -0.2) is 54.2 Å². The summed E-state index contributed by atoms with van der Waals surface area (Å²) in [5.41, 5.74) is 1.52. The summed E-state index contributed by atoms with van der Waals surface area (Å²) < 4.78 is 29.7. The van der Waals surface area contributed by atoms with Gasteiger partial charge in [-0.2, -0.15) is 5.10 Å². The van der Waals surface area contributed by atoms with Gasteiger partial charge in [0.1, 0.15) is 9.71 Å². The average molecular weight is 468 g/mol. The molecule has 3 heterocycles. The number of nitrogens with zero attached hydrogens (tertiary/aromatic N) is 2. The number of rotatable bonds is 5. The number of aromatic nitrogens is 2. The molecule has 0 unspecified atom stereocenters.